The van der Waals surface area contributed by atoms with E-state index in [0.717, 1.165) is 41.2 Å². The Hall–Kier alpha value is -2.53. The molecule has 148 valence electrons. The minimum atomic E-state index is -0.266. The number of rotatable bonds is 4. The van der Waals surface area contributed by atoms with Crippen LogP contribution in [0, 0.1) is 20.8 Å². The van der Waals surface area contributed by atoms with Crippen LogP contribution in [-0.4, -0.2) is 42.9 Å². The highest BCUT2D eigenvalue weighted by Gasteiger charge is 2.23. The first-order valence-corrected chi connectivity index (χ1v) is 9.87. The molecule has 1 aliphatic heterocycles. The van der Waals surface area contributed by atoms with Crippen LogP contribution in [0.5, 0.6) is 0 Å². The zero-order valence-corrected chi connectivity index (χ0v) is 17.3. The Morgan fingerprint density at radius 3 is 2.25 bits per heavy atom. The summed E-state index contributed by atoms with van der Waals surface area (Å²) in [5.41, 5.74) is 5.03. The maximum Gasteiger partial charge on any atom is 0.233 e. The van der Waals surface area contributed by atoms with Gasteiger partial charge in [0.25, 0.3) is 0 Å². The van der Waals surface area contributed by atoms with Gasteiger partial charge in [-0.3, -0.25) is 9.59 Å². The Morgan fingerprint density at radius 1 is 1.00 bits per heavy atom. The van der Waals surface area contributed by atoms with Gasteiger partial charge in [-0.25, -0.2) is 0 Å². The van der Waals surface area contributed by atoms with E-state index in [1.165, 1.54) is 0 Å². The van der Waals surface area contributed by atoms with E-state index in [0.29, 0.717) is 18.1 Å². The van der Waals surface area contributed by atoms with Crippen molar-refractivity contribution in [3.05, 3.63) is 58.1 Å². The normalized spacial score (nSPS) is 14.1. The average Bonchev–Trinajstić information content (AvgIpc) is 2.65. The summed E-state index contributed by atoms with van der Waals surface area (Å²) in [5.74, 6) is -0.400. The van der Waals surface area contributed by atoms with Crippen molar-refractivity contribution in [1.82, 2.24) is 4.90 Å². The van der Waals surface area contributed by atoms with Crippen LogP contribution in [-0.2, 0) is 9.59 Å². The molecule has 0 radical (unpaired) electrons. The number of halogens is 1. The van der Waals surface area contributed by atoms with Crippen molar-refractivity contribution >= 4 is 34.8 Å². The third-order valence-corrected chi connectivity index (χ3v) is 5.29. The van der Waals surface area contributed by atoms with Crippen LogP contribution in [0.4, 0.5) is 11.4 Å². The van der Waals surface area contributed by atoms with Gasteiger partial charge in [0.05, 0.1) is 0 Å². The largest absolute Gasteiger partial charge is 0.368 e. The first-order chi connectivity index (χ1) is 13.3. The number of amides is 2. The molecule has 0 saturated carbocycles. The number of hydrogen-bond acceptors (Lipinski definition) is 3. The maximum atomic E-state index is 12.5. The molecule has 1 N–H and O–H groups in total. The fraction of sp³-hybridized carbons (Fsp3) is 0.364. The summed E-state index contributed by atoms with van der Waals surface area (Å²) in [5, 5.41) is 3.61. The molecule has 3 rings (SSSR count). The third-order valence-electron chi connectivity index (χ3n) is 5.06. The molecule has 1 heterocycles. The Labute approximate surface area is 171 Å². The third kappa shape index (κ3) is 4.84. The van der Waals surface area contributed by atoms with Crippen LogP contribution < -0.4 is 10.2 Å². The number of carbonyl (C=O) groups is 2. The Morgan fingerprint density at radius 2 is 1.64 bits per heavy atom. The van der Waals surface area contributed by atoms with Gasteiger partial charge in [0.2, 0.25) is 11.8 Å². The van der Waals surface area contributed by atoms with E-state index >= 15 is 0 Å². The van der Waals surface area contributed by atoms with Crippen molar-refractivity contribution < 1.29 is 9.59 Å². The van der Waals surface area contributed by atoms with Gasteiger partial charge >= 0.3 is 0 Å². The molecule has 0 aromatic heterocycles. The fourth-order valence-corrected chi connectivity index (χ4v) is 3.88. The van der Waals surface area contributed by atoms with Crippen LogP contribution in [0.3, 0.4) is 0 Å². The molecule has 1 saturated heterocycles. The van der Waals surface area contributed by atoms with Gasteiger partial charge in [-0.05, 0) is 50.1 Å². The predicted octanol–water partition coefficient (Wildman–Crippen LogP) is 3.94. The molecule has 0 spiro atoms. The van der Waals surface area contributed by atoms with Crippen LogP contribution in [0.2, 0.25) is 5.02 Å². The first kappa shape index (κ1) is 20.2. The van der Waals surface area contributed by atoms with Crippen molar-refractivity contribution in [2.45, 2.75) is 27.2 Å². The lowest BCUT2D eigenvalue weighted by molar-refractivity contribution is -0.134. The highest BCUT2D eigenvalue weighted by Crippen LogP contribution is 2.23. The number of nitrogens with zero attached hydrogens (tertiary/aromatic N) is 2. The molecule has 2 amide bonds. The van der Waals surface area contributed by atoms with Gasteiger partial charge in [0.15, 0.2) is 0 Å². The number of piperazine rings is 1. The van der Waals surface area contributed by atoms with Gasteiger partial charge in [-0.15, -0.1) is 0 Å². The second-order valence-electron chi connectivity index (χ2n) is 7.35. The SMILES string of the molecule is Cc1cc(C)c(NC(=O)CC(=O)N2CCN(c3cccc(Cl)c3)CC2)c(C)c1. The summed E-state index contributed by atoms with van der Waals surface area (Å²) in [4.78, 5) is 28.9. The highest BCUT2D eigenvalue weighted by atomic mass is 35.5. The molecule has 0 bridgehead atoms. The van der Waals surface area contributed by atoms with Crippen LogP contribution in [0.1, 0.15) is 23.1 Å². The van der Waals surface area contributed by atoms with Crippen LogP contribution in [0.25, 0.3) is 0 Å². The van der Waals surface area contributed by atoms with Crippen LogP contribution >= 0.6 is 11.6 Å². The number of anilines is 2. The zero-order valence-electron chi connectivity index (χ0n) is 16.6. The standard InChI is InChI=1S/C22H26ClN3O2/c1-15-11-16(2)22(17(3)12-15)24-20(27)14-21(28)26-9-7-25(8-10-26)19-6-4-5-18(23)13-19/h4-6,11-13H,7-10,14H2,1-3H3,(H,24,27). The molecular weight excluding hydrogens is 374 g/mol. The molecule has 0 atom stereocenters. The topological polar surface area (TPSA) is 52.7 Å². The summed E-state index contributed by atoms with van der Waals surface area (Å²) >= 11 is 6.06. The molecule has 5 nitrogen and oxygen atoms in total. The van der Waals surface area contributed by atoms with Crippen molar-refractivity contribution in [1.29, 1.82) is 0 Å². The van der Waals surface area contributed by atoms with Gasteiger partial charge in [-0.2, -0.15) is 0 Å². The first-order valence-electron chi connectivity index (χ1n) is 9.49. The molecule has 28 heavy (non-hydrogen) atoms. The quantitative estimate of drug-likeness (QED) is 0.792. The number of hydrogen-bond donors (Lipinski definition) is 1. The fourth-order valence-electron chi connectivity index (χ4n) is 3.70. The lowest BCUT2D eigenvalue weighted by Crippen LogP contribution is -2.49. The smallest absolute Gasteiger partial charge is 0.233 e. The van der Waals surface area contributed by atoms with Crippen LogP contribution in [0.15, 0.2) is 36.4 Å². The summed E-state index contributed by atoms with van der Waals surface area (Å²) < 4.78 is 0. The van der Waals surface area contributed by atoms with Crippen molar-refractivity contribution in [3.8, 4) is 0 Å². The minimum Gasteiger partial charge on any atom is -0.368 e. The van der Waals surface area contributed by atoms with E-state index in [1.807, 2.05) is 57.2 Å². The zero-order chi connectivity index (χ0) is 20.3. The van der Waals surface area contributed by atoms with Crippen molar-refractivity contribution in [2.75, 3.05) is 36.4 Å². The lowest BCUT2D eigenvalue weighted by Gasteiger charge is -2.36. The molecule has 0 unspecified atom stereocenters. The monoisotopic (exact) mass is 399 g/mol. The number of aryl methyl sites for hydroxylation is 3. The predicted molar refractivity (Wildman–Crippen MR) is 114 cm³/mol. The summed E-state index contributed by atoms with van der Waals surface area (Å²) in [6.45, 7) is 8.60. The van der Waals surface area contributed by atoms with Crippen molar-refractivity contribution in [2.24, 2.45) is 0 Å². The number of benzene rings is 2. The average molecular weight is 400 g/mol. The second-order valence-corrected chi connectivity index (χ2v) is 7.78. The lowest BCUT2D eigenvalue weighted by atomic mass is 10.0. The summed E-state index contributed by atoms with van der Waals surface area (Å²) in [6.07, 6.45) is -0.135. The van der Waals surface area contributed by atoms with Crippen molar-refractivity contribution in [3.63, 3.8) is 0 Å². The van der Waals surface area contributed by atoms with E-state index < -0.39 is 0 Å². The molecule has 1 fully saturated rings. The molecule has 2 aromatic rings. The van der Waals surface area contributed by atoms with E-state index in [1.54, 1.807) is 4.90 Å². The Bertz CT molecular complexity index is 866. The van der Waals surface area contributed by atoms with Gasteiger partial charge < -0.3 is 15.1 Å². The molecule has 0 aliphatic carbocycles. The summed E-state index contributed by atoms with van der Waals surface area (Å²) in [7, 11) is 0. The number of carbonyl (C=O) groups excluding carboxylic acids is 2. The second kappa shape index (κ2) is 8.65. The Kier molecular flexibility index (Phi) is 6.25. The number of nitrogens with one attached hydrogen (secondary N) is 1. The minimum absolute atomic E-state index is 0.134. The molecule has 1 aliphatic rings. The summed E-state index contributed by atoms with van der Waals surface area (Å²) in [6, 6.07) is 11.8. The van der Waals surface area contributed by atoms with Gasteiger partial charge in [0, 0.05) is 42.6 Å². The molecule has 6 heteroatoms. The Balaban J connectivity index is 1.54. The molecule has 2 aromatic carbocycles. The molecular formula is C22H26ClN3O2. The highest BCUT2D eigenvalue weighted by molar-refractivity contribution is 6.30. The van der Waals surface area contributed by atoms with Gasteiger partial charge in [0.1, 0.15) is 6.42 Å². The van der Waals surface area contributed by atoms with E-state index in [-0.39, 0.29) is 18.2 Å². The maximum absolute atomic E-state index is 12.5. The van der Waals surface area contributed by atoms with Gasteiger partial charge in [-0.1, -0.05) is 35.4 Å². The van der Waals surface area contributed by atoms with E-state index in [2.05, 4.69) is 10.2 Å². The van der Waals surface area contributed by atoms with E-state index in [9.17, 15) is 9.59 Å². The van der Waals surface area contributed by atoms with E-state index in [4.69, 9.17) is 11.6 Å².